The Kier molecular flexibility index (Phi) is 5.26. The SMILES string of the molecule is C#CCOc1ccc(/C=C2/NC(=O)N(CCC)C2=O)cc1OC. The lowest BCUT2D eigenvalue weighted by molar-refractivity contribution is -0.122. The number of hydrogen-bond donors (Lipinski definition) is 1. The van der Waals surface area contributed by atoms with Crippen LogP contribution in [0.3, 0.4) is 0 Å². The smallest absolute Gasteiger partial charge is 0.329 e. The minimum Gasteiger partial charge on any atom is -0.493 e. The molecular weight excluding hydrogens is 296 g/mol. The number of rotatable bonds is 6. The van der Waals surface area contributed by atoms with Crippen LogP contribution in [-0.2, 0) is 4.79 Å². The number of benzene rings is 1. The van der Waals surface area contributed by atoms with Gasteiger partial charge < -0.3 is 14.8 Å². The molecule has 3 amide bonds. The first-order chi connectivity index (χ1) is 11.1. The number of nitrogens with one attached hydrogen (secondary N) is 1. The monoisotopic (exact) mass is 314 g/mol. The number of urea groups is 1. The number of terminal acetylenes is 1. The van der Waals surface area contributed by atoms with Crippen LogP contribution < -0.4 is 14.8 Å². The van der Waals surface area contributed by atoms with Crippen molar-refractivity contribution in [2.45, 2.75) is 13.3 Å². The Morgan fingerprint density at radius 1 is 1.35 bits per heavy atom. The second kappa shape index (κ2) is 7.36. The molecule has 1 aliphatic rings. The van der Waals surface area contributed by atoms with Crippen LogP contribution >= 0.6 is 0 Å². The van der Waals surface area contributed by atoms with Gasteiger partial charge in [0.15, 0.2) is 11.5 Å². The number of methoxy groups -OCH3 is 1. The second-order valence-corrected chi connectivity index (χ2v) is 4.85. The molecule has 1 aliphatic heterocycles. The zero-order valence-electron chi connectivity index (χ0n) is 13.1. The summed E-state index contributed by atoms with van der Waals surface area (Å²) in [7, 11) is 1.51. The number of hydrogen-bond acceptors (Lipinski definition) is 4. The van der Waals surface area contributed by atoms with Gasteiger partial charge in [0.1, 0.15) is 12.3 Å². The van der Waals surface area contributed by atoms with Crippen LogP contribution in [0.1, 0.15) is 18.9 Å². The molecule has 23 heavy (non-hydrogen) atoms. The van der Waals surface area contributed by atoms with Gasteiger partial charge in [-0.3, -0.25) is 9.69 Å². The van der Waals surface area contributed by atoms with E-state index in [0.717, 1.165) is 0 Å². The molecule has 0 saturated carbocycles. The molecule has 1 aromatic rings. The van der Waals surface area contributed by atoms with E-state index < -0.39 is 6.03 Å². The van der Waals surface area contributed by atoms with E-state index in [1.54, 1.807) is 24.3 Å². The first-order valence-electron chi connectivity index (χ1n) is 7.19. The molecule has 1 N–H and O–H groups in total. The summed E-state index contributed by atoms with van der Waals surface area (Å²) in [5.74, 6) is 3.06. The van der Waals surface area contributed by atoms with Gasteiger partial charge in [-0.1, -0.05) is 18.9 Å². The quantitative estimate of drug-likeness (QED) is 0.495. The number of carbonyl (C=O) groups is 2. The molecule has 120 valence electrons. The molecule has 0 bridgehead atoms. The molecule has 0 aromatic heterocycles. The summed E-state index contributed by atoms with van der Waals surface area (Å²) in [4.78, 5) is 25.1. The number of nitrogens with zero attached hydrogens (tertiary/aromatic N) is 1. The summed E-state index contributed by atoms with van der Waals surface area (Å²) < 4.78 is 10.6. The number of carbonyl (C=O) groups excluding carboxylic acids is 2. The van der Waals surface area contributed by atoms with Crippen LogP contribution in [0.5, 0.6) is 11.5 Å². The van der Waals surface area contributed by atoms with Gasteiger partial charge in [-0.2, -0.15) is 0 Å². The Labute approximate surface area is 135 Å². The predicted octanol–water partition coefficient (Wildman–Crippen LogP) is 2.01. The molecule has 0 atom stereocenters. The predicted molar refractivity (Wildman–Crippen MR) is 85.8 cm³/mol. The molecule has 0 spiro atoms. The molecule has 1 saturated heterocycles. The summed E-state index contributed by atoms with van der Waals surface area (Å²) >= 11 is 0. The van der Waals surface area contributed by atoms with Crippen molar-refractivity contribution in [1.29, 1.82) is 0 Å². The van der Waals surface area contributed by atoms with E-state index in [1.807, 2.05) is 6.92 Å². The average Bonchev–Trinajstić information content (AvgIpc) is 2.81. The highest BCUT2D eigenvalue weighted by Crippen LogP contribution is 2.29. The van der Waals surface area contributed by atoms with E-state index in [1.165, 1.54) is 12.0 Å². The Hall–Kier alpha value is -2.94. The highest BCUT2D eigenvalue weighted by atomic mass is 16.5. The summed E-state index contributed by atoms with van der Waals surface area (Å²) in [6.07, 6.45) is 7.48. The average molecular weight is 314 g/mol. The zero-order valence-corrected chi connectivity index (χ0v) is 13.1. The maximum absolute atomic E-state index is 12.2. The van der Waals surface area contributed by atoms with Gasteiger partial charge in [0.05, 0.1) is 7.11 Å². The van der Waals surface area contributed by atoms with Crippen molar-refractivity contribution in [2.75, 3.05) is 20.3 Å². The van der Waals surface area contributed by atoms with Crippen molar-refractivity contribution < 1.29 is 19.1 Å². The van der Waals surface area contributed by atoms with Gasteiger partial charge in [0.25, 0.3) is 5.91 Å². The van der Waals surface area contributed by atoms with Crippen LogP contribution in [0.15, 0.2) is 23.9 Å². The van der Waals surface area contributed by atoms with Crippen molar-refractivity contribution in [3.63, 3.8) is 0 Å². The van der Waals surface area contributed by atoms with Crippen molar-refractivity contribution in [3.8, 4) is 23.8 Å². The highest BCUT2D eigenvalue weighted by Gasteiger charge is 2.32. The van der Waals surface area contributed by atoms with E-state index in [2.05, 4.69) is 11.2 Å². The van der Waals surface area contributed by atoms with Crippen molar-refractivity contribution >= 4 is 18.0 Å². The van der Waals surface area contributed by atoms with Crippen LogP contribution in [0.25, 0.3) is 6.08 Å². The lowest BCUT2D eigenvalue weighted by Crippen LogP contribution is -2.31. The second-order valence-electron chi connectivity index (χ2n) is 4.85. The van der Waals surface area contributed by atoms with Gasteiger partial charge >= 0.3 is 6.03 Å². The van der Waals surface area contributed by atoms with Gasteiger partial charge in [-0.25, -0.2) is 4.79 Å². The maximum atomic E-state index is 12.2. The van der Waals surface area contributed by atoms with Gasteiger partial charge in [-0.15, -0.1) is 6.42 Å². The summed E-state index contributed by atoms with van der Waals surface area (Å²) in [5, 5.41) is 2.57. The van der Waals surface area contributed by atoms with Crippen LogP contribution in [0.2, 0.25) is 0 Å². The van der Waals surface area contributed by atoms with Gasteiger partial charge in [-0.05, 0) is 30.2 Å². The molecule has 1 aromatic carbocycles. The van der Waals surface area contributed by atoms with Crippen LogP contribution in [-0.4, -0.2) is 37.1 Å². The maximum Gasteiger partial charge on any atom is 0.329 e. The standard InChI is InChI=1S/C17H18N2O4/c1-4-8-19-16(20)13(18-17(19)21)10-12-6-7-14(23-9-5-2)15(11-12)22-3/h2,6-7,10-11H,4,8-9H2,1,3H3,(H,18,21)/b13-10+. The first kappa shape index (κ1) is 16.4. The van der Waals surface area contributed by atoms with Crippen LogP contribution in [0.4, 0.5) is 4.79 Å². The fourth-order valence-electron chi connectivity index (χ4n) is 2.18. The van der Waals surface area contributed by atoms with E-state index >= 15 is 0 Å². The van der Waals surface area contributed by atoms with Crippen molar-refractivity contribution in [1.82, 2.24) is 10.2 Å². The minimum atomic E-state index is -0.399. The van der Waals surface area contributed by atoms with E-state index in [-0.39, 0.29) is 18.2 Å². The third-order valence-corrected chi connectivity index (χ3v) is 3.22. The molecule has 2 rings (SSSR count). The van der Waals surface area contributed by atoms with Crippen molar-refractivity contribution in [3.05, 3.63) is 29.5 Å². The topological polar surface area (TPSA) is 67.9 Å². The Morgan fingerprint density at radius 3 is 2.78 bits per heavy atom. The summed E-state index contributed by atoms with van der Waals surface area (Å²) in [6.45, 7) is 2.43. The van der Waals surface area contributed by atoms with Crippen LogP contribution in [0, 0.1) is 12.3 Å². The third kappa shape index (κ3) is 3.64. The molecule has 0 radical (unpaired) electrons. The molecule has 1 fully saturated rings. The summed E-state index contributed by atoms with van der Waals surface area (Å²) in [6, 6.07) is 4.77. The Balaban J connectivity index is 2.24. The minimum absolute atomic E-state index is 0.136. The molecule has 6 nitrogen and oxygen atoms in total. The fraction of sp³-hybridized carbons (Fsp3) is 0.294. The molecule has 0 aliphatic carbocycles. The van der Waals surface area contributed by atoms with Gasteiger partial charge in [0.2, 0.25) is 0 Å². The lowest BCUT2D eigenvalue weighted by atomic mass is 10.1. The van der Waals surface area contributed by atoms with Gasteiger partial charge in [0, 0.05) is 6.54 Å². The third-order valence-electron chi connectivity index (χ3n) is 3.22. The van der Waals surface area contributed by atoms with E-state index in [4.69, 9.17) is 15.9 Å². The molecule has 1 heterocycles. The normalized spacial score (nSPS) is 15.5. The fourth-order valence-corrected chi connectivity index (χ4v) is 2.18. The molecule has 0 unspecified atom stereocenters. The number of imide groups is 1. The molecular formula is C17H18N2O4. The molecule has 6 heteroatoms. The van der Waals surface area contributed by atoms with E-state index in [0.29, 0.717) is 30.0 Å². The number of ether oxygens (including phenoxy) is 2. The zero-order chi connectivity index (χ0) is 16.8. The van der Waals surface area contributed by atoms with Crippen molar-refractivity contribution in [2.24, 2.45) is 0 Å². The number of amides is 3. The Bertz CT molecular complexity index is 688. The van der Waals surface area contributed by atoms with E-state index in [9.17, 15) is 9.59 Å². The lowest BCUT2D eigenvalue weighted by Gasteiger charge is -2.10. The largest absolute Gasteiger partial charge is 0.493 e. The summed E-state index contributed by atoms with van der Waals surface area (Å²) in [5.41, 5.74) is 0.944. The first-order valence-corrected chi connectivity index (χ1v) is 7.19. The Morgan fingerprint density at radius 2 is 2.13 bits per heavy atom. The highest BCUT2D eigenvalue weighted by molar-refractivity contribution is 6.13.